The number of aromatic nitrogens is 1. The van der Waals surface area contributed by atoms with Crippen LogP contribution in [0.15, 0.2) is 24.5 Å². The lowest BCUT2D eigenvalue weighted by atomic mass is 10.1. The molecule has 0 aliphatic heterocycles. The van der Waals surface area contributed by atoms with Crippen molar-refractivity contribution >= 4 is 17.4 Å². The van der Waals surface area contributed by atoms with Crippen molar-refractivity contribution in [1.82, 2.24) is 4.98 Å². The number of carbonyl (C=O) groups excluding carboxylic acids is 2. The number of ketones is 1. The van der Waals surface area contributed by atoms with Gasteiger partial charge < -0.3 is 5.32 Å². The molecule has 1 fully saturated rings. The smallest absolute Gasteiger partial charge is 0.234 e. The minimum absolute atomic E-state index is 0.0522. The quantitative estimate of drug-likeness (QED) is 0.740. The van der Waals surface area contributed by atoms with Crippen molar-refractivity contribution in [2.75, 3.05) is 5.32 Å². The van der Waals surface area contributed by atoms with E-state index in [0.717, 1.165) is 6.42 Å². The van der Waals surface area contributed by atoms with E-state index in [1.165, 1.54) is 0 Å². The summed E-state index contributed by atoms with van der Waals surface area (Å²) in [4.78, 5) is 26.9. The standard InChI is InChI=1S/C11H12N2O2/c14-10-5-1-4-9(10)11(15)13-8-3-2-6-12-7-8/h2-3,6-7,9H,1,4-5H2,(H,13,15). The topological polar surface area (TPSA) is 59.1 Å². The third-order valence-electron chi connectivity index (χ3n) is 2.55. The number of nitrogens with one attached hydrogen (secondary N) is 1. The molecule has 1 aliphatic carbocycles. The zero-order valence-corrected chi connectivity index (χ0v) is 8.27. The van der Waals surface area contributed by atoms with Gasteiger partial charge in [0.05, 0.1) is 17.8 Å². The number of hydrogen-bond acceptors (Lipinski definition) is 3. The van der Waals surface area contributed by atoms with Crippen LogP contribution in [-0.2, 0) is 9.59 Å². The van der Waals surface area contributed by atoms with E-state index < -0.39 is 5.92 Å². The fourth-order valence-corrected chi connectivity index (χ4v) is 1.76. The van der Waals surface area contributed by atoms with Gasteiger partial charge in [0.1, 0.15) is 5.78 Å². The molecule has 1 saturated carbocycles. The molecule has 4 heteroatoms. The molecule has 2 rings (SSSR count). The lowest BCUT2D eigenvalue weighted by Gasteiger charge is -2.08. The van der Waals surface area contributed by atoms with E-state index in [1.54, 1.807) is 24.5 Å². The monoisotopic (exact) mass is 204 g/mol. The molecule has 1 heterocycles. The number of hydrogen-bond donors (Lipinski definition) is 1. The lowest BCUT2D eigenvalue weighted by molar-refractivity contribution is -0.129. The Labute approximate surface area is 87.7 Å². The highest BCUT2D eigenvalue weighted by Crippen LogP contribution is 2.22. The SMILES string of the molecule is O=C1CCCC1C(=O)Nc1cccnc1. The third-order valence-corrected chi connectivity index (χ3v) is 2.55. The van der Waals surface area contributed by atoms with Crippen LogP contribution in [0.25, 0.3) is 0 Å². The first-order chi connectivity index (χ1) is 7.27. The summed E-state index contributed by atoms with van der Waals surface area (Å²) in [6.07, 6.45) is 5.23. The maximum Gasteiger partial charge on any atom is 0.234 e. The molecule has 1 amide bonds. The molecule has 4 nitrogen and oxygen atoms in total. The largest absolute Gasteiger partial charge is 0.324 e. The molecular weight excluding hydrogens is 192 g/mol. The average molecular weight is 204 g/mol. The molecule has 0 aromatic carbocycles. The Bertz CT molecular complexity index is 375. The molecule has 0 radical (unpaired) electrons. The van der Waals surface area contributed by atoms with E-state index in [0.29, 0.717) is 18.5 Å². The van der Waals surface area contributed by atoms with Crippen LogP contribution in [0.2, 0.25) is 0 Å². The van der Waals surface area contributed by atoms with Gasteiger partial charge in [-0.15, -0.1) is 0 Å². The van der Waals surface area contributed by atoms with Gasteiger partial charge in [-0.25, -0.2) is 0 Å². The van der Waals surface area contributed by atoms with Crippen LogP contribution in [0.5, 0.6) is 0 Å². The van der Waals surface area contributed by atoms with Gasteiger partial charge in [0, 0.05) is 12.6 Å². The van der Waals surface area contributed by atoms with Crippen LogP contribution in [0, 0.1) is 5.92 Å². The third kappa shape index (κ3) is 2.21. The van der Waals surface area contributed by atoms with Crippen molar-refractivity contribution in [3.63, 3.8) is 0 Å². The summed E-state index contributed by atoms with van der Waals surface area (Å²) in [7, 11) is 0. The first-order valence-electron chi connectivity index (χ1n) is 5.01. The summed E-state index contributed by atoms with van der Waals surface area (Å²) < 4.78 is 0. The minimum atomic E-state index is -0.454. The van der Waals surface area contributed by atoms with Crippen LogP contribution in [0.4, 0.5) is 5.69 Å². The lowest BCUT2D eigenvalue weighted by Crippen LogP contribution is -2.25. The Hall–Kier alpha value is -1.71. The summed E-state index contributed by atoms with van der Waals surface area (Å²) >= 11 is 0. The fourth-order valence-electron chi connectivity index (χ4n) is 1.76. The van der Waals surface area contributed by atoms with Gasteiger partial charge in [-0.05, 0) is 25.0 Å². The van der Waals surface area contributed by atoms with E-state index >= 15 is 0 Å². The number of amides is 1. The number of nitrogens with zero attached hydrogens (tertiary/aromatic N) is 1. The fraction of sp³-hybridized carbons (Fsp3) is 0.364. The van der Waals surface area contributed by atoms with Crippen molar-refractivity contribution in [3.05, 3.63) is 24.5 Å². The van der Waals surface area contributed by atoms with E-state index in [4.69, 9.17) is 0 Å². The molecule has 78 valence electrons. The van der Waals surface area contributed by atoms with Gasteiger partial charge in [0.25, 0.3) is 0 Å². The Kier molecular flexibility index (Phi) is 2.76. The molecule has 1 aliphatic rings. The van der Waals surface area contributed by atoms with E-state index in [2.05, 4.69) is 10.3 Å². The number of rotatable bonds is 2. The normalized spacial score (nSPS) is 20.3. The van der Waals surface area contributed by atoms with Crippen molar-refractivity contribution in [2.45, 2.75) is 19.3 Å². The van der Waals surface area contributed by atoms with E-state index in [-0.39, 0.29) is 11.7 Å². The highest BCUT2D eigenvalue weighted by Gasteiger charge is 2.30. The summed E-state index contributed by atoms with van der Waals surface area (Å²) in [5.41, 5.74) is 0.641. The Morgan fingerprint density at radius 3 is 3.00 bits per heavy atom. The number of anilines is 1. The van der Waals surface area contributed by atoms with Crippen molar-refractivity contribution in [1.29, 1.82) is 0 Å². The number of Topliss-reactive ketones (excluding diaryl/α,β-unsaturated/α-hetero) is 1. The molecule has 0 saturated heterocycles. The Balaban J connectivity index is 2.01. The molecule has 0 bridgehead atoms. The van der Waals surface area contributed by atoms with Crippen LogP contribution in [0.3, 0.4) is 0 Å². The van der Waals surface area contributed by atoms with Gasteiger partial charge in [-0.1, -0.05) is 0 Å². The first kappa shape index (κ1) is 9.83. The second-order valence-corrected chi connectivity index (χ2v) is 3.64. The maximum absolute atomic E-state index is 11.7. The van der Waals surface area contributed by atoms with Gasteiger partial charge in [-0.3, -0.25) is 14.6 Å². The predicted octanol–water partition coefficient (Wildman–Crippen LogP) is 1.39. The second kappa shape index (κ2) is 4.21. The summed E-state index contributed by atoms with van der Waals surface area (Å²) in [6.45, 7) is 0. The molecule has 1 atom stereocenters. The zero-order valence-electron chi connectivity index (χ0n) is 8.27. The second-order valence-electron chi connectivity index (χ2n) is 3.64. The average Bonchev–Trinajstić information content (AvgIpc) is 2.66. The zero-order chi connectivity index (χ0) is 10.7. The Morgan fingerprint density at radius 1 is 1.53 bits per heavy atom. The van der Waals surface area contributed by atoms with Crippen molar-refractivity contribution in [2.24, 2.45) is 5.92 Å². The molecular formula is C11H12N2O2. The summed E-state index contributed by atoms with van der Waals surface area (Å²) in [5, 5.41) is 2.69. The van der Waals surface area contributed by atoms with E-state index in [1.807, 2.05) is 0 Å². The molecule has 15 heavy (non-hydrogen) atoms. The van der Waals surface area contributed by atoms with Crippen molar-refractivity contribution in [3.8, 4) is 0 Å². The molecule has 1 aromatic heterocycles. The van der Waals surface area contributed by atoms with Crippen LogP contribution in [-0.4, -0.2) is 16.7 Å². The molecule has 0 spiro atoms. The van der Waals surface area contributed by atoms with E-state index in [9.17, 15) is 9.59 Å². The summed E-state index contributed by atoms with van der Waals surface area (Å²) in [5.74, 6) is -0.605. The minimum Gasteiger partial charge on any atom is -0.324 e. The van der Waals surface area contributed by atoms with Gasteiger partial charge >= 0.3 is 0 Å². The molecule has 1 N–H and O–H groups in total. The Morgan fingerprint density at radius 2 is 2.40 bits per heavy atom. The molecule has 1 aromatic rings. The van der Waals surface area contributed by atoms with Gasteiger partial charge in [0.15, 0.2) is 0 Å². The molecule has 1 unspecified atom stereocenters. The highest BCUT2D eigenvalue weighted by atomic mass is 16.2. The number of pyridine rings is 1. The summed E-state index contributed by atoms with van der Waals surface area (Å²) in [6, 6.07) is 3.50. The van der Waals surface area contributed by atoms with Crippen molar-refractivity contribution < 1.29 is 9.59 Å². The highest BCUT2D eigenvalue weighted by molar-refractivity contribution is 6.08. The predicted molar refractivity (Wildman–Crippen MR) is 55.2 cm³/mol. The van der Waals surface area contributed by atoms with Crippen LogP contribution < -0.4 is 5.32 Å². The maximum atomic E-state index is 11.7. The van der Waals surface area contributed by atoms with Crippen LogP contribution in [0.1, 0.15) is 19.3 Å². The first-order valence-corrected chi connectivity index (χ1v) is 5.01. The van der Waals surface area contributed by atoms with Gasteiger partial charge in [0.2, 0.25) is 5.91 Å². The van der Waals surface area contributed by atoms with Crippen LogP contribution >= 0.6 is 0 Å². The van der Waals surface area contributed by atoms with Gasteiger partial charge in [-0.2, -0.15) is 0 Å². The number of carbonyl (C=O) groups is 2.